The van der Waals surface area contributed by atoms with Crippen LogP contribution in [0, 0.1) is 0 Å². The van der Waals surface area contributed by atoms with Crippen LogP contribution in [0.4, 0.5) is 0 Å². The average Bonchev–Trinajstić information content (AvgIpc) is 2.26. The molecule has 0 aromatic rings. The van der Waals surface area contributed by atoms with Gasteiger partial charge in [-0.3, -0.25) is 9.59 Å². The number of hydrogen-bond acceptors (Lipinski definition) is 7. The van der Waals surface area contributed by atoms with Crippen molar-refractivity contribution in [3.8, 4) is 0 Å². The average molecular weight is 253 g/mol. The van der Waals surface area contributed by atoms with Gasteiger partial charge in [0.05, 0.1) is 20.6 Å². The fraction of sp³-hybridized carbons (Fsp3) is 0.750. The van der Waals surface area contributed by atoms with Gasteiger partial charge in [-0.05, 0) is 0 Å². The molecule has 0 spiro atoms. The van der Waals surface area contributed by atoms with E-state index >= 15 is 0 Å². The largest absolute Gasteiger partial charge is 0.469 e. The number of ether oxygens (including phenoxy) is 2. The van der Waals surface area contributed by atoms with Crippen molar-refractivity contribution in [2.75, 3.05) is 25.7 Å². The van der Waals surface area contributed by atoms with E-state index in [-0.39, 0.29) is 5.97 Å². The fourth-order valence-electron chi connectivity index (χ4n) is 0.627. The predicted octanol–water partition coefficient (Wildman–Crippen LogP) is 0.431. The molecule has 0 fully saturated rings. The Kier molecular flexibility index (Phi) is 8.64. The Morgan fingerprint density at radius 1 is 1.27 bits per heavy atom. The zero-order chi connectivity index (χ0) is 11.7. The van der Waals surface area contributed by atoms with Crippen LogP contribution in [-0.4, -0.2) is 43.7 Å². The number of rotatable bonds is 7. The van der Waals surface area contributed by atoms with Crippen molar-refractivity contribution < 1.29 is 19.1 Å². The van der Waals surface area contributed by atoms with Gasteiger partial charge in [-0.2, -0.15) is 0 Å². The fourth-order valence-corrected chi connectivity index (χ4v) is 2.71. The summed E-state index contributed by atoms with van der Waals surface area (Å²) >= 11 is 0. The van der Waals surface area contributed by atoms with Gasteiger partial charge in [0, 0.05) is 11.5 Å². The Morgan fingerprint density at radius 3 is 2.47 bits per heavy atom. The lowest BCUT2D eigenvalue weighted by molar-refractivity contribution is -0.141. The van der Waals surface area contributed by atoms with E-state index in [1.165, 1.54) is 35.8 Å². The maximum Gasteiger partial charge on any atom is 0.323 e. The van der Waals surface area contributed by atoms with Gasteiger partial charge in [-0.15, -0.1) is 0 Å². The molecule has 88 valence electrons. The molecule has 0 heterocycles. The van der Waals surface area contributed by atoms with Crippen LogP contribution in [-0.2, 0) is 19.1 Å². The smallest absolute Gasteiger partial charge is 0.323 e. The highest BCUT2D eigenvalue weighted by Gasteiger charge is 2.13. The predicted molar refractivity (Wildman–Crippen MR) is 61.5 cm³/mol. The van der Waals surface area contributed by atoms with Crippen molar-refractivity contribution in [2.24, 2.45) is 5.73 Å². The molecule has 0 aliphatic heterocycles. The minimum atomic E-state index is -0.606. The van der Waals surface area contributed by atoms with Crippen molar-refractivity contribution >= 4 is 33.5 Å². The van der Waals surface area contributed by atoms with Gasteiger partial charge >= 0.3 is 11.9 Å². The van der Waals surface area contributed by atoms with Crippen LogP contribution in [0.3, 0.4) is 0 Å². The molecule has 0 saturated heterocycles. The number of nitrogens with two attached hydrogens (primary N) is 1. The zero-order valence-electron chi connectivity index (χ0n) is 8.73. The van der Waals surface area contributed by atoms with E-state index in [2.05, 4.69) is 9.47 Å². The van der Waals surface area contributed by atoms with Crippen LogP contribution in [0.15, 0.2) is 0 Å². The molecule has 0 aliphatic rings. The topological polar surface area (TPSA) is 78.6 Å². The lowest BCUT2D eigenvalue weighted by atomic mass is 10.4. The molecule has 0 aromatic heterocycles. The van der Waals surface area contributed by atoms with Crippen LogP contribution < -0.4 is 5.73 Å². The Morgan fingerprint density at radius 2 is 1.93 bits per heavy atom. The molecular formula is C8H15NO4S2. The molecule has 0 saturated carbocycles. The quantitative estimate of drug-likeness (QED) is 0.400. The Hall–Kier alpha value is -0.400. The van der Waals surface area contributed by atoms with Crippen molar-refractivity contribution in [1.82, 2.24) is 0 Å². The first-order valence-corrected chi connectivity index (χ1v) is 6.75. The SMILES string of the molecule is COC(=O)CCSSC[C@H](N)C(=O)OC. The van der Waals surface area contributed by atoms with E-state index in [4.69, 9.17) is 5.73 Å². The van der Waals surface area contributed by atoms with Crippen molar-refractivity contribution in [2.45, 2.75) is 12.5 Å². The van der Waals surface area contributed by atoms with E-state index in [1.807, 2.05) is 0 Å². The van der Waals surface area contributed by atoms with E-state index < -0.39 is 12.0 Å². The first-order valence-electron chi connectivity index (χ1n) is 4.26. The number of hydrogen-bond donors (Lipinski definition) is 1. The minimum Gasteiger partial charge on any atom is -0.469 e. The van der Waals surface area contributed by atoms with Crippen LogP contribution in [0.1, 0.15) is 6.42 Å². The summed E-state index contributed by atoms with van der Waals surface area (Å²) in [6, 6.07) is -0.606. The van der Waals surface area contributed by atoms with Gasteiger partial charge in [0.1, 0.15) is 6.04 Å². The third kappa shape index (κ3) is 7.52. The summed E-state index contributed by atoms with van der Waals surface area (Å²) in [7, 11) is 5.58. The Labute approximate surface area is 96.8 Å². The zero-order valence-corrected chi connectivity index (χ0v) is 10.4. The maximum absolute atomic E-state index is 10.9. The molecule has 15 heavy (non-hydrogen) atoms. The molecule has 0 amide bonds. The lowest BCUT2D eigenvalue weighted by Gasteiger charge is -2.07. The molecular weight excluding hydrogens is 238 g/mol. The molecule has 0 bridgehead atoms. The van der Waals surface area contributed by atoms with Gasteiger partial charge in [0.15, 0.2) is 0 Å². The third-order valence-corrected chi connectivity index (χ3v) is 3.89. The molecule has 0 aliphatic carbocycles. The van der Waals surface area contributed by atoms with E-state index in [0.29, 0.717) is 17.9 Å². The van der Waals surface area contributed by atoms with Crippen LogP contribution in [0.5, 0.6) is 0 Å². The molecule has 0 unspecified atom stereocenters. The summed E-state index contributed by atoms with van der Waals surface area (Å²) in [6.45, 7) is 0. The first-order chi connectivity index (χ1) is 7.11. The number of carbonyl (C=O) groups is 2. The molecule has 7 heteroatoms. The Bertz CT molecular complexity index is 213. The molecule has 2 N–H and O–H groups in total. The maximum atomic E-state index is 10.9. The number of esters is 2. The van der Waals surface area contributed by atoms with E-state index in [1.54, 1.807) is 0 Å². The third-order valence-electron chi connectivity index (χ3n) is 1.45. The van der Waals surface area contributed by atoms with Crippen molar-refractivity contribution in [3.05, 3.63) is 0 Å². The molecule has 5 nitrogen and oxygen atoms in total. The van der Waals surface area contributed by atoms with E-state index in [9.17, 15) is 9.59 Å². The Balaban J connectivity index is 3.38. The highest BCUT2D eigenvalue weighted by atomic mass is 33.1. The minimum absolute atomic E-state index is 0.236. The lowest BCUT2D eigenvalue weighted by Crippen LogP contribution is -2.33. The summed E-state index contributed by atoms with van der Waals surface area (Å²) in [6.07, 6.45) is 0.363. The van der Waals surface area contributed by atoms with Gasteiger partial charge in [0.25, 0.3) is 0 Å². The summed E-state index contributed by atoms with van der Waals surface area (Å²) < 4.78 is 8.94. The highest BCUT2D eigenvalue weighted by Crippen LogP contribution is 2.22. The molecule has 0 aromatic carbocycles. The van der Waals surface area contributed by atoms with Crippen LogP contribution >= 0.6 is 21.6 Å². The summed E-state index contributed by atoms with van der Waals surface area (Å²) in [5.74, 6) is 0.459. The van der Waals surface area contributed by atoms with Gasteiger partial charge in [-0.25, -0.2) is 0 Å². The highest BCUT2D eigenvalue weighted by molar-refractivity contribution is 8.76. The van der Waals surface area contributed by atoms with Crippen molar-refractivity contribution in [3.63, 3.8) is 0 Å². The van der Waals surface area contributed by atoms with Gasteiger partial charge in [-0.1, -0.05) is 21.6 Å². The normalized spacial score (nSPS) is 11.9. The first kappa shape index (κ1) is 14.6. The summed E-state index contributed by atoms with van der Waals surface area (Å²) in [4.78, 5) is 21.6. The van der Waals surface area contributed by atoms with E-state index in [0.717, 1.165) is 0 Å². The number of methoxy groups -OCH3 is 2. The monoisotopic (exact) mass is 253 g/mol. The second-order valence-electron chi connectivity index (χ2n) is 2.56. The van der Waals surface area contributed by atoms with Gasteiger partial charge < -0.3 is 15.2 Å². The molecule has 0 radical (unpaired) electrons. The number of carbonyl (C=O) groups excluding carboxylic acids is 2. The van der Waals surface area contributed by atoms with Crippen LogP contribution in [0.2, 0.25) is 0 Å². The standard InChI is InChI=1S/C8H15NO4S2/c1-12-7(10)3-4-14-15-5-6(9)8(11)13-2/h6H,3-5,9H2,1-2H3/t6-/m0/s1. The molecule has 1 atom stereocenters. The van der Waals surface area contributed by atoms with Gasteiger partial charge in [0.2, 0.25) is 0 Å². The van der Waals surface area contributed by atoms with Crippen LogP contribution in [0.25, 0.3) is 0 Å². The summed E-state index contributed by atoms with van der Waals surface area (Å²) in [5.41, 5.74) is 5.50. The molecule has 0 rings (SSSR count). The van der Waals surface area contributed by atoms with Crippen molar-refractivity contribution in [1.29, 1.82) is 0 Å². The summed E-state index contributed by atoms with van der Waals surface area (Å²) in [5, 5.41) is 0. The second kappa shape index (κ2) is 8.87. The second-order valence-corrected chi connectivity index (χ2v) is 5.19.